The fourth-order valence-corrected chi connectivity index (χ4v) is 3.28. The third-order valence-corrected chi connectivity index (χ3v) is 4.35. The maximum atomic E-state index is 12.3. The first kappa shape index (κ1) is 18.8. The van der Waals surface area contributed by atoms with Gasteiger partial charge in [0.1, 0.15) is 11.4 Å². The molecule has 1 heterocycles. The van der Waals surface area contributed by atoms with Gasteiger partial charge in [-0.15, -0.1) is 0 Å². The summed E-state index contributed by atoms with van der Waals surface area (Å²) >= 11 is 12.2. The first-order valence-electron chi connectivity index (χ1n) is 7.76. The van der Waals surface area contributed by atoms with Gasteiger partial charge < -0.3 is 20.1 Å². The molecule has 0 aliphatic rings. The topological polar surface area (TPSA) is 91.4 Å². The van der Waals surface area contributed by atoms with Crippen LogP contribution in [0.4, 0.5) is 5.69 Å². The van der Waals surface area contributed by atoms with Crippen LogP contribution >= 0.6 is 23.2 Å². The molecule has 2 aromatic carbocycles. The fourth-order valence-electron chi connectivity index (χ4n) is 2.69. The van der Waals surface area contributed by atoms with Crippen LogP contribution in [0, 0.1) is 0 Å². The second kappa shape index (κ2) is 7.73. The highest BCUT2D eigenvalue weighted by Crippen LogP contribution is 2.33. The zero-order chi connectivity index (χ0) is 19.6. The van der Waals surface area contributed by atoms with Crippen LogP contribution in [0.25, 0.3) is 17.0 Å². The number of aromatic nitrogens is 1. The number of rotatable bonds is 5. The number of fused-ring (bicyclic) bond motifs is 1. The van der Waals surface area contributed by atoms with E-state index in [2.05, 4.69) is 10.3 Å². The number of amides is 1. The quantitative estimate of drug-likeness (QED) is 0.530. The number of aromatic amines is 1. The van der Waals surface area contributed by atoms with Gasteiger partial charge in [-0.05, 0) is 30.3 Å². The van der Waals surface area contributed by atoms with Crippen molar-refractivity contribution in [3.63, 3.8) is 0 Å². The molecule has 0 bridgehead atoms. The van der Waals surface area contributed by atoms with Crippen molar-refractivity contribution in [3.8, 4) is 5.75 Å². The molecule has 0 saturated carbocycles. The van der Waals surface area contributed by atoms with Gasteiger partial charge in [0.25, 0.3) is 0 Å². The monoisotopic (exact) mass is 404 g/mol. The Morgan fingerprint density at radius 1 is 1.22 bits per heavy atom. The van der Waals surface area contributed by atoms with E-state index in [9.17, 15) is 14.7 Å². The first-order valence-corrected chi connectivity index (χ1v) is 8.52. The Morgan fingerprint density at radius 2 is 1.96 bits per heavy atom. The summed E-state index contributed by atoms with van der Waals surface area (Å²) in [6, 6.07) is 10.0. The standard InChI is InChI=1S/C19H14Cl2N2O4/c1-27-15-5-3-2-4-13(15)22-16(24)7-6-11-17-12(21)8-10(20)9-14(17)23-18(11)19(25)26/h2-9,23H,1H3,(H,22,24)(H,25,26)/b7-6+. The molecule has 0 atom stereocenters. The third-order valence-electron chi connectivity index (χ3n) is 3.83. The number of carboxylic acids is 1. The van der Waals surface area contributed by atoms with Gasteiger partial charge in [-0.25, -0.2) is 4.79 Å². The highest BCUT2D eigenvalue weighted by molar-refractivity contribution is 6.39. The second-order valence-electron chi connectivity index (χ2n) is 5.55. The number of nitrogens with one attached hydrogen (secondary N) is 2. The molecule has 0 radical (unpaired) electrons. The van der Waals surface area contributed by atoms with Crippen LogP contribution in [0.15, 0.2) is 42.5 Å². The third kappa shape index (κ3) is 3.92. The highest BCUT2D eigenvalue weighted by Gasteiger charge is 2.18. The van der Waals surface area contributed by atoms with E-state index >= 15 is 0 Å². The van der Waals surface area contributed by atoms with E-state index in [0.717, 1.165) is 0 Å². The SMILES string of the molecule is COc1ccccc1NC(=O)/C=C/c1c(C(=O)O)[nH]c2cc(Cl)cc(Cl)c12. The molecule has 3 rings (SSSR count). The smallest absolute Gasteiger partial charge is 0.352 e. The number of halogens is 2. The summed E-state index contributed by atoms with van der Waals surface area (Å²) in [6.45, 7) is 0. The normalized spacial score (nSPS) is 11.1. The van der Waals surface area contributed by atoms with Crippen molar-refractivity contribution in [1.82, 2.24) is 4.98 Å². The molecule has 0 spiro atoms. The Morgan fingerprint density at radius 3 is 2.67 bits per heavy atom. The molecule has 3 N–H and O–H groups in total. The number of H-pyrrole nitrogens is 1. The van der Waals surface area contributed by atoms with Crippen molar-refractivity contribution in [2.75, 3.05) is 12.4 Å². The van der Waals surface area contributed by atoms with Gasteiger partial charge >= 0.3 is 5.97 Å². The Kier molecular flexibility index (Phi) is 5.39. The van der Waals surface area contributed by atoms with Crippen molar-refractivity contribution in [1.29, 1.82) is 0 Å². The van der Waals surface area contributed by atoms with Crippen molar-refractivity contribution in [3.05, 3.63) is 63.8 Å². The van der Waals surface area contributed by atoms with Crippen LogP contribution in [-0.4, -0.2) is 29.1 Å². The minimum absolute atomic E-state index is 0.0875. The number of aromatic carboxylic acids is 1. The number of para-hydroxylation sites is 2. The molecule has 8 heteroatoms. The highest BCUT2D eigenvalue weighted by atomic mass is 35.5. The number of carbonyl (C=O) groups is 2. The van der Waals surface area contributed by atoms with Crippen molar-refractivity contribution >= 4 is 57.7 Å². The van der Waals surface area contributed by atoms with Gasteiger partial charge in [0, 0.05) is 27.6 Å². The van der Waals surface area contributed by atoms with Crippen LogP contribution in [0.2, 0.25) is 10.0 Å². The molecule has 0 saturated heterocycles. The molecule has 27 heavy (non-hydrogen) atoms. The van der Waals surface area contributed by atoms with E-state index in [1.54, 1.807) is 30.3 Å². The van der Waals surface area contributed by atoms with E-state index in [4.69, 9.17) is 27.9 Å². The lowest BCUT2D eigenvalue weighted by molar-refractivity contribution is -0.111. The molecule has 0 aliphatic heterocycles. The summed E-state index contributed by atoms with van der Waals surface area (Å²) in [4.78, 5) is 26.6. The van der Waals surface area contributed by atoms with Gasteiger partial charge in [-0.1, -0.05) is 35.3 Å². The Balaban J connectivity index is 1.96. The maximum Gasteiger partial charge on any atom is 0.352 e. The van der Waals surface area contributed by atoms with E-state index in [1.807, 2.05) is 0 Å². The lowest BCUT2D eigenvalue weighted by atomic mass is 10.1. The summed E-state index contributed by atoms with van der Waals surface area (Å²) in [5.41, 5.74) is 1.16. The summed E-state index contributed by atoms with van der Waals surface area (Å²) in [7, 11) is 1.50. The van der Waals surface area contributed by atoms with E-state index in [-0.39, 0.29) is 16.3 Å². The van der Waals surface area contributed by atoms with Gasteiger partial charge in [0.15, 0.2) is 0 Å². The van der Waals surface area contributed by atoms with Crippen molar-refractivity contribution in [2.24, 2.45) is 0 Å². The van der Waals surface area contributed by atoms with E-state index < -0.39 is 11.9 Å². The Labute approximate surface area is 164 Å². The maximum absolute atomic E-state index is 12.3. The predicted octanol–water partition coefficient (Wildman–Crippen LogP) is 4.83. The fraction of sp³-hybridized carbons (Fsp3) is 0.0526. The van der Waals surface area contributed by atoms with Crippen LogP contribution in [0.1, 0.15) is 16.1 Å². The first-order chi connectivity index (χ1) is 12.9. The summed E-state index contributed by atoms with van der Waals surface area (Å²) in [6.07, 6.45) is 2.62. The largest absolute Gasteiger partial charge is 0.495 e. The number of hydrogen-bond acceptors (Lipinski definition) is 3. The minimum atomic E-state index is -1.18. The molecule has 6 nitrogen and oxygen atoms in total. The van der Waals surface area contributed by atoms with E-state index in [0.29, 0.717) is 27.4 Å². The van der Waals surface area contributed by atoms with Crippen molar-refractivity contribution in [2.45, 2.75) is 0 Å². The molecule has 0 fully saturated rings. The number of anilines is 1. The van der Waals surface area contributed by atoms with Gasteiger partial charge in [-0.3, -0.25) is 4.79 Å². The molecular weight excluding hydrogens is 391 g/mol. The number of ether oxygens (including phenoxy) is 1. The van der Waals surface area contributed by atoms with E-state index in [1.165, 1.54) is 25.3 Å². The number of hydrogen-bond donors (Lipinski definition) is 3. The summed E-state index contributed by atoms with van der Waals surface area (Å²) in [5.74, 6) is -1.12. The zero-order valence-electron chi connectivity index (χ0n) is 14.0. The second-order valence-corrected chi connectivity index (χ2v) is 6.40. The van der Waals surface area contributed by atoms with Gasteiger partial charge in [0.2, 0.25) is 5.91 Å². The molecule has 138 valence electrons. The minimum Gasteiger partial charge on any atom is -0.495 e. The molecule has 0 unspecified atom stereocenters. The molecule has 0 aliphatic carbocycles. The van der Waals surface area contributed by atoms with Gasteiger partial charge in [0.05, 0.1) is 17.8 Å². The number of carbonyl (C=O) groups excluding carboxylic acids is 1. The predicted molar refractivity (Wildman–Crippen MR) is 106 cm³/mol. The average Bonchev–Trinajstić information content (AvgIpc) is 2.99. The number of benzene rings is 2. The zero-order valence-corrected chi connectivity index (χ0v) is 15.6. The molecular formula is C19H14Cl2N2O4. The van der Waals surface area contributed by atoms with Crippen LogP contribution in [-0.2, 0) is 4.79 Å². The molecule has 3 aromatic rings. The van der Waals surface area contributed by atoms with Gasteiger partial charge in [-0.2, -0.15) is 0 Å². The lowest BCUT2D eigenvalue weighted by Crippen LogP contribution is -2.09. The Bertz CT molecular complexity index is 1070. The summed E-state index contributed by atoms with van der Waals surface area (Å²) in [5, 5.41) is 13.2. The van der Waals surface area contributed by atoms with Crippen LogP contribution in [0.3, 0.4) is 0 Å². The average molecular weight is 405 g/mol. The number of methoxy groups -OCH3 is 1. The lowest BCUT2D eigenvalue weighted by Gasteiger charge is -2.07. The van der Waals surface area contributed by atoms with Crippen LogP contribution < -0.4 is 10.1 Å². The van der Waals surface area contributed by atoms with Crippen LogP contribution in [0.5, 0.6) is 5.75 Å². The molecule has 1 amide bonds. The summed E-state index contributed by atoms with van der Waals surface area (Å²) < 4.78 is 5.18. The number of carboxylic acid groups (broad SMARTS) is 1. The Hall–Kier alpha value is -2.96. The van der Waals surface area contributed by atoms with Crippen molar-refractivity contribution < 1.29 is 19.4 Å². The molecule has 1 aromatic heterocycles.